The lowest BCUT2D eigenvalue weighted by Gasteiger charge is -2.14. The molecule has 14 heavy (non-hydrogen) atoms. The Bertz CT molecular complexity index is 393. The molecular formula is C12H11ClO. The molecule has 1 unspecified atom stereocenters. The molecule has 0 fully saturated rings. The van der Waals surface area contributed by atoms with Gasteiger partial charge in [0.05, 0.1) is 0 Å². The monoisotopic (exact) mass is 206 g/mol. The van der Waals surface area contributed by atoms with Crippen molar-refractivity contribution >= 4 is 11.6 Å². The quantitative estimate of drug-likeness (QED) is 0.744. The highest BCUT2D eigenvalue weighted by Crippen LogP contribution is 2.32. The molecule has 0 saturated carbocycles. The van der Waals surface area contributed by atoms with E-state index in [4.69, 9.17) is 11.6 Å². The molecule has 2 rings (SSSR count). The van der Waals surface area contributed by atoms with E-state index in [0.29, 0.717) is 10.9 Å². The summed E-state index contributed by atoms with van der Waals surface area (Å²) < 4.78 is 0. The molecule has 0 bridgehead atoms. The highest BCUT2D eigenvalue weighted by Gasteiger charge is 2.12. The lowest BCUT2D eigenvalue weighted by molar-refractivity contribution is 0.475. The smallest absolute Gasteiger partial charge is 0.117 e. The van der Waals surface area contributed by atoms with Gasteiger partial charge in [-0.3, -0.25) is 0 Å². The van der Waals surface area contributed by atoms with Crippen LogP contribution in [0.2, 0.25) is 5.02 Å². The van der Waals surface area contributed by atoms with E-state index in [2.05, 4.69) is 12.2 Å². The molecule has 0 heterocycles. The van der Waals surface area contributed by atoms with Crippen molar-refractivity contribution < 1.29 is 5.11 Å². The van der Waals surface area contributed by atoms with Gasteiger partial charge in [0.25, 0.3) is 0 Å². The largest absolute Gasteiger partial charge is 0.508 e. The third kappa shape index (κ3) is 1.83. The molecular weight excluding hydrogens is 196 g/mol. The van der Waals surface area contributed by atoms with Crippen LogP contribution in [0.4, 0.5) is 0 Å². The van der Waals surface area contributed by atoms with Crippen LogP contribution in [-0.4, -0.2) is 5.11 Å². The Morgan fingerprint density at radius 1 is 1.29 bits per heavy atom. The van der Waals surface area contributed by atoms with Crippen molar-refractivity contribution in [2.45, 2.75) is 12.3 Å². The molecule has 0 spiro atoms. The van der Waals surface area contributed by atoms with Gasteiger partial charge in [-0.15, -0.1) is 0 Å². The predicted octanol–water partition coefficient (Wildman–Crippen LogP) is 3.65. The maximum atomic E-state index is 9.22. The zero-order chi connectivity index (χ0) is 9.97. The minimum Gasteiger partial charge on any atom is -0.508 e. The second-order valence-corrected chi connectivity index (χ2v) is 3.77. The molecule has 0 aliphatic heterocycles. The molecule has 1 aromatic carbocycles. The molecule has 1 aliphatic rings. The first-order chi connectivity index (χ1) is 6.77. The first-order valence-electron chi connectivity index (χ1n) is 4.59. The van der Waals surface area contributed by atoms with Crippen molar-refractivity contribution in [3.05, 3.63) is 53.1 Å². The number of hydrogen-bond donors (Lipinski definition) is 1. The van der Waals surface area contributed by atoms with Crippen LogP contribution in [0.25, 0.3) is 0 Å². The fraction of sp³-hybridized carbons (Fsp3) is 0.167. The van der Waals surface area contributed by atoms with Gasteiger partial charge in [-0.25, -0.2) is 0 Å². The molecule has 2 heteroatoms. The van der Waals surface area contributed by atoms with Crippen LogP contribution >= 0.6 is 11.6 Å². The number of halogens is 1. The van der Waals surface area contributed by atoms with E-state index in [9.17, 15) is 5.11 Å². The second kappa shape index (κ2) is 3.89. The van der Waals surface area contributed by atoms with Crippen molar-refractivity contribution in [3.8, 4) is 5.75 Å². The lowest BCUT2D eigenvalue weighted by atomic mass is 9.92. The Hall–Kier alpha value is -1.21. The highest BCUT2D eigenvalue weighted by atomic mass is 35.5. The molecule has 1 aromatic rings. The third-order valence-electron chi connectivity index (χ3n) is 2.36. The zero-order valence-electron chi connectivity index (χ0n) is 7.65. The summed E-state index contributed by atoms with van der Waals surface area (Å²) in [6.07, 6.45) is 9.27. The van der Waals surface area contributed by atoms with Gasteiger partial charge in [0.15, 0.2) is 0 Å². The van der Waals surface area contributed by atoms with Gasteiger partial charge < -0.3 is 5.11 Å². The van der Waals surface area contributed by atoms with Crippen LogP contribution in [0.1, 0.15) is 17.9 Å². The van der Waals surface area contributed by atoms with Crippen molar-refractivity contribution in [2.75, 3.05) is 0 Å². The Morgan fingerprint density at radius 2 is 2.14 bits per heavy atom. The normalized spacial score (nSPS) is 19.9. The topological polar surface area (TPSA) is 20.2 Å². The number of hydrogen-bond acceptors (Lipinski definition) is 1. The fourth-order valence-electron chi connectivity index (χ4n) is 1.63. The number of rotatable bonds is 1. The second-order valence-electron chi connectivity index (χ2n) is 3.36. The van der Waals surface area contributed by atoms with Crippen molar-refractivity contribution in [1.29, 1.82) is 0 Å². The average molecular weight is 207 g/mol. The summed E-state index contributed by atoms with van der Waals surface area (Å²) in [5, 5.41) is 9.85. The maximum Gasteiger partial charge on any atom is 0.117 e. The van der Waals surface area contributed by atoms with E-state index in [1.165, 1.54) is 0 Å². The number of phenols is 1. The number of allylic oxidation sites excluding steroid dienone is 4. The predicted molar refractivity (Wildman–Crippen MR) is 58.8 cm³/mol. The van der Waals surface area contributed by atoms with E-state index in [0.717, 1.165) is 12.0 Å². The molecule has 1 aliphatic carbocycles. The Kier molecular flexibility index (Phi) is 2.60. The van der Waals surface area contributed by atoms with Crippen LogP contribution in [0.5, 0.6) is 5.75 Å². The van der Waals surface area contributed by atoms with Gasteiger partial charge in [-0.1, -0.05) is 42.0 Å². The maximum absolute atomic E-state index is 9.22. The van der Waals surface area contributed by atoms with Crippen LogP contribution < -0.4 is 0 Å². The molecule has 0 amide bonds. The lowest BCUT2D eigenvalue weighted by Crippen LogP contribution is -1.96. The van der Waals surface area contributed by atoms with Crippen LogP contribution in [-0.2, 0) is 0 Å². The van der Waals surface area contributed by atoms with E-state index in [-0.39, 0.29) is 5.75 Å². The van der Waals surface area contributed by atoms with Gasteiger partial charge >= 0.3 is 0 Å². The van der Waals surface area contributed by atoms with Crippen LogP contribution in [0.15, 0.2) is 42.5 Å². The fourth-order valence-corrected chi connectivity index (χ4v) is 1.94. The van der Waals surface area contributed by atoms with E-state index in [1.54, 1.807) is 12.1 Å². The summed E-state index contributed by atoms with van der Waals surface area (Å²) in [5.41, 5.74) is 1.07. The van der Waals surface area contributed by atoms with Crippen molar-refractivity contribution in [3.63, 3.8) is 0 Å². The minimum atomic E-state index is 0.217. The van der Waals surface area contributed by atoms with E-state index < -0.39 is 0 Å². The molecule has 0 aromatic heterocycles. The molecule has 0 saturated heterocycles. The summed E-state index contributed by atoms with van der Waals surface area (Å²) >= 11 is 6.04. The minimum absolute atomic E-state index is 0.217. The van der Waals surface area contributed by atoms with Gasteiger partial charge in [0, 0.05) is 10.9 Å². The first kappa shape index (κ1) is 9.35. The summed E-state index contributed by atoms with van der Waals surface area (Å²) in [7, 11) is 0. The van der Waals surface area contributed by atoms with Crippen molar-refractivity contribution in [1.82, 2.24) is 0 Å². The molecule has 1 N–H and O–H groups in total. The van der Waals surface area contributed by atoms with Gasteiger partial charge in [0.2, 0.25) is 0 Å². The van der Waals surface area contributed by atoms with Gasteiger partial charge in [-0.05, 0) is 24.1 Å². The van der Waals surface area contributed by atoms with Crippen molar-refractivity contribution in [2.24, 2.45) is 0 Å². The number of aromatic hydroxyl groups is 1. The summed E-state index contributed by atoms with van der Waals surface area (Å²) in [6, 6.07) is 5.14. The van der Waals surface area contributed by atoms with Gasteiger partial charge in [0.1, 0.15) is 5.75 Å². The Labute approximate surface area is 88.3 Å². The van der Waals surface area contributed by atoms with Crippen LogP contribution in [0, 0.1) is 0 Å². The number of phenolic OH excluding ortho intramolecular Hbond substituents is 1. The standard InChI is InChI=1S/C12H11ClO/c13-12-8-10(14)6-7-11(12)9-4-2-1-3-5-9/h1-4,6-9,14H,5H2. The SMILES string of the molecule is Oc1ccc(C2C=CC=CC2)c(Cl)c1. The van der Waals surface area contributed by atoms with Crippen LogP contribution in [0.3, 0.4) is 0 Å². The Morgan fingerprint density at radius 3 is 2.79 bits per heavy atom. The summed E-state index contributed by atoms with van der Waals surface area (Å²) in [6.45, 7) is 0. The molecule has 72 valence electrons. The van der Waals surface area contributed by atoms with E-state index in [1.807, 2.05) is 18.2 Å². The van der Waals surface area contributed by atoms with Gasteiger partial charge in [-0.2, -0.15) is 0 Å². The highest BCUT2D eigenvalue weighted by molar-refractivity contribution is 6.31. The molecule has 0 radical (unpaired) electrons. The summed E-state index contributed by atoms with van der Waals surface area (Å²) in [5.74, 6) is 0.558. The van der Waals surface area contributed by atoms with E-state index >= 15 is 0 Å². The Balaban J connectivity index is 2.32. The summed E-state index contributed by atoms with van der Waals surface area (Å²) in [4.78, 5) is 0. The number of benzene rings is 1. The molecule has 1 atom stereocenters. The average Bonchev–Trinajstić information content (AvgIpc) is 2.19. The zero-order valence-corrected chi connectivity index (χ0v) is 8.41. The molecule has 1 nitrogen and oxygen atoms in total. The third-order valence-corrected chi connectivity index (χ3v) is 2.69. The first-order valence-corrected chi connectivity index (χ1v) is 4.97.